The standard InChI is InChI=1S/C18H23N5OS/c1-14-19-18(25-20-14)22-11-9-21(10-12-22)13-17(24)23-8-4-6-15-5-2-3-7-16(15)23/h2-3,5,7H,4,6,8-13H2,1H3. The average molecular weight is 357 g/mol. The number of aromatic nitrogens is 2. The largest absolute Gasteiger partial charge is 0.344 e. The van der Waals surface area contributed by atoms with E-state index >= 15 is 0 Å². The van der Waals surface area contributed by atoms with Gasteiger partial charge in [0.2, 0.25) is 11.0 Å². The second kappa shape index (κ2) is 7.09. The first-order valence-electron chi connectivity index (χ1n) is 8.86. The number of aryl methyl sites for hydroxylation is 2. The minimum atomic E-state index is 0.215. The first kappa shape index (κ1) is 16.5. The zero-order chi connectivity index (χ0) is 17.2. The minimum Gasteiger partial charge on any atom is -0.344 e. The van der Waals surface area contributed by atoms with E-state index < -0.39 is 0 Å². The molecule has 7 heteroatoms. The summed E-state index contributed by atoms with van der Waals surface area (Å²) >= 11 is 1.46. The Labute approximate surface area is 152 Å². The number of amides is 1. The van der Waals surface area contributed by atoms with Crippen molar-refractivity contribution in [3.63, 3.8) is 0 Å². The van der Waals surface area contributed by atoms with Crippen molar-refractivity contribution in [2.24, 2.45) is 0 Å². The first-order valence-corrected chi connectivity index (χ1v) is 9.64. The Balaban J connectivity index is 1.35. The number of anilines is 2. The van der Waals surface area contributed by atoms with Crippen LogP contribution < -0.4 is 9.80 Å². The van der Waals surface area contributed by atoms with Crippen molar-refractivity contribution in [2.75, 3.05) is 49.1 Å². The van der Waals surface area contributed by atoms with E-state index in [1.165, 1.54) is 17.1 Å². The molecule has 3 heterocycles. The lowest BCUT2D eigenvalue weighted by Gasteiger charge is -2.36. The van der Waals surface area contributed by atoms with Gasteiger partial charge in [-0.05, 0) is 31.4 Å². The summed E-state index contributed by atoms with van der Waals surface area (Å²) in [4.78, 5) is 23.8. The summed E-state index contributed by atoms with van der Waals surface area (Å²) in [7, 11) is 0. The van der Waals surface area contributed by atoms with Crippen LogP contribution in [0.3, 0.4) is 0 Å². The lowest BCUT2D eigenvalue weighted by molar-refractivity contribution is -0.119. The molecule has 0 radical (unpaired) electrons. The molecule has 2 aromatic rings. The monoisotopic (exact) mass is 357 g/mol. The molecule has 2 aliphatic rings. The van der Waals surface area contributed by atoms with Crippen LogP contribution in [0.4, 0.5) is 10.8 Å². The number of carbonyl (C=O) groups excluding carboxylic acids is 1. The van der Waals surface area contributed by atoms with Crippen LogP contribution in [-0.2, 0) is 11.2 Å². The molecule has 0 spiro atoms. The highest BCUT2D eigenvalue weighted by Crippen LogP contribution is 2.27. The van der Waals surface area contributed by atoms with Gasteiger partial charge in [-0.25, -0.2) is 4.98 Å². The molecule has 0 atom stereocenters. The van der Waals surface area contributed by atoms with E-state index in [9.17, 15) is 4.79 Å². The van der Waals surface area contributed by atoms with Crippen LogP contribution in [0.15, 0.2) is 24.3 Å². The van der Waals surface area contributed by atoms with Gasteiger partial charge in [0.1, 0.15) is 5.82 Å². The summed E-state index contributed by atoms with van der Waals surface area (Å²) in [6, 6.07) is 8.29. The first-order chi connectivity index (χ1) is 12.2. The number of hydrogen-bond donors (Lipinski definition) is 0. The normalized spacial score (nSPS) is 18.3. The van der Waals surface area contributed by atoms with Gasteiger partial charge in [0.25, 0.3) is 0 Å². The maximum Gasteiger partial charge on any atom is 0.241 e. The van der Waals surface area contributed by atoms with E-state index in [1.807, 2.05) is 17.9 Å². The Morgan fingerprint density at radius 2 is 1.96 bits per heavy atom. The Kier molecular flexibility index (Phi) is 4.67. The number of piperazine rings is 1. The number of benzene rings is 1. The second-order valence-corrected chi connectivity index (χ2v) is 7.40. The van der Waals surface area contributed by atoms with Crippen molar-refractivity contribution in [2.45, 2.75) is 19.8 Å². The molecular formula is C18H23N5OS. The van der Waals surface area contributed by atoms with Crippen LogP contribution in [0.1, 0.15) is 17.8 Å². The van der Waals surface area contributed by atoms with Crippen LogP contribution in [0.25, 0.3) is 0 Å². The van der Waals surface area contributed by atoms with E-state index in [0.29, 0.717) is 6.54 Å². The average Bonchev–Trinajstić information content (AvgIpc) is 3.08. The van der Waals surface area contributed by atoms with E-state index in [4.69, 9.17) is 0 Å². The van der Waals surface area contributed by atoms with Crippen LogP contribution in [-0.4, -0.2) is 59.4 Å². The lowest BCUT2D eigenvalue weighted by Crippen LogP contribution is -2.50. The number of fused-ring (bicyclic) bond motifs is 1. The van der Waals surface area contributed by atoms with E-state index in [0.717, 1.165) is 62.2 Å². The third-order valence-corrected chi connectivity index (χ3v) is 5.80. The molecule has 0 N–H and O–H groups in total. The molecule has 0 bridgehead atoms. The van der Waals surface area contributed by atoms with E-state index in [2.05, 4.69) is 37.4 Å². The van der Waals surface area contributed by atoms with Gasteiger partial charge >= 0.3 is 0 Å². The zero-order valence-corrected chi connectivity index (χ0v) is 15.3. The fourth-order valence-corrected chi connectivity index (χ4v) is 4.31. The highest BCUT2D eigenvalue weighted by Gasteiger charge is 2.26. The summed E-state index contributed by atoms with van der Waals surface area (Å²) in [5.41, 5.74) is 2.39. The van der Waals surface area contributed by atoms with Gasteiger partial charge in [0.05, 0.1) is 6.54 Å². The molecule has 4 rings (SSSR count). The number of carbonyl (C=O) groups is 1. The van der Waals surface area contributed by atoms with E-state index in [-0.39, 0.29) is 5.91 Å². The van der Waals surface area contributed by atoms with Gasteiger partial charge in [0, 0.05) is 49.9 Å². The number of nitrogens with zero attached hydrogens (tertiary/aromatic N) is 5. The zero-order valence-electron chi connectivity index (χ0n) is 14.5. The van der Waals surface area contributed by atoms with Gasteiger partial charge in [-0.3, -0.25) is 9.69 Å². The van der Waals surface area contributed by atoms with Gasteiger partial charge in [-0.2, -0.15) is 4.37 Å². The molecular weight excluding hydrogens is 334 g/mol. The summed E-state index contributed by atoms with van der Waals surface area (Å²) < 4.78 is 4.26. The Morgan fingerprint density at radius 1 is 1.16 bits per heavy atom. The molecule has 2 aliphatic heterocycles. The molecule has 1 fully saturated rings. The molecule has 132 valence electrons. The predicted octanol–water partition coefficient (Wildman–Crippen LogP) is 1.95. The van der Waals surface area contributed by atoms with Crippen molar-refractivity contribution in [3.8, 4) is 0 Å². The molecule has 0 saturated carbocycles. The summed E-state index contributed by atoms with van der Waals surface area (Å²) in [5.74, 6) is 1.05. The highest BCUT2D eigenvalue weighted by molar-refractivity contribution is 7.09. The number of rotatable bonds is 3. The van der Waals surface area contributed by atoms with Crippen molar-refractivity contribution in [3.05, 3.63) is 35.7 Å². The van der Waals surface area contributed by atoms with Crippen molar-refractivity contribution in [1.82, 2.24) is 14.3 Å². The Bertz CT molecular complexity index is 753. The summed E-state index contributed by atoms with van der Waals surface area (Å²) in [6.45, 7) is 6.83. The van der Waals surface area contributed by atoms with Gasteiger partial charge in [-0.1, -0.05) is 18.2 Å². The number of hydrogen-bond acceptors (Lipinski definition) is 6. The van der Waals surface area contributed by atoms with Gasteiger partial charge in [-0.15, -0.1) is 0 Å². The molecule has 6 nitrogen and oxygen atoms in total. The van der Waals surface area contributed by atoms with E-state index in [1.54, 1.807) is 0 Å². The third-order valence-electron chi connectivity index (χ3n) is 4.93. The van der Waals surface area contributed by atoms with Crippen molar-refractivity contribution < 1.29 is 4.79 Å². The van der Waals surface area contributed by atoms with Crippen LogP contribution >= 0.6 is 11.5 Å². The number of para-hydroxylation sites is 1. The van der Waals surface area contributed by atoms with Crippen LogP contribution in [0.5, 0.6) is 0 Å². The van der Waals surface area contributed by atoms with Crippen LogP contribution in [0.2, 0.25) is 0 Å². The molecule has 0 unspecified atom stereocenters. The second-order valence-electron chi connectivity index (χ2n) is 6.67. The smallest absolute Gasteiger partial charge is 0.241 e. The van der Waals surface area contributed by atoms with Gasteiger partial charge in [0.15, 0.2) is 0 Å². The quantitative estimate of drug-likeness (QED) is 0.840. The molecule has 1 amide bonds. The van der Waals surface area contributed by atoms with Crippen molar-refractivity contribution >= 4 is 28.3 Å². The molecule has 25 heavy (non-hydrogen) atoms. The summed E-state index contributed by atoms with van der Waals surface area (Å²) in [5, 5.41) is 0.994. The van der Waals surface area contributed by atoms with Crippen LogP contribution in [0, 0.1) is 6.92 Å². The Morgan fingerprint density at radius 3 is 2.72 bits per heavy atom. The third kappa shape index (κ3) is 3.52. The molecule has 1 saturated heterocycles. The van der Waals surface area contributed by atoms with Gasteiger partial charge < -0.3 is 9.80 Å². The fraction of sp³-hybridized carbons (Fsp3) is 0.500. The summed E-state index contributed by atoms with van der Waals surface area (Å²) in [6.07, 6.45) is 2.12. The SMILES string of the molecule is Cc1nsc(N2CCN(CC(=O)N3CCCc4ccccc43)CC2)n1. The molecule has 1 aromatic heterocycles. The Hall–Kier alpha value is -1.99. The topological polar surface area (TPSA) is 52.6 Å². The maximum absolute atomic E-state index is 12.8. The maximum atomic E-state index is 12.8. The highest BCUT2D eigenvalue weighted by atomic mass is 32.1. The fourth-order valence-electron chi connectivity index (χ4n) is 3.58. The lowest BCUT2D eigenvalue weighted by atomic mass is 10.0. The molecule has 1 aromatic carbocycles. The van der Waals surface area contributed by atoms with Crippen molar-refractivity contribution in [1.29, 1.82) is 0 Å². The minimum absolute atomic E-state index is 0.215. The predicted molar refractivity (Wildman–Crippen MR) is 100 cm³/mol. The molecule has 0 aliphatic carbocycles.